The average molecular weight is 732 g/mol. The lowest BCUT2D eigenvalue weighted by molar-refractivity contribution is -0.109. The van der Waals surface area contributed by atoms with Crippen LogP contribution in [0.3, 0.4) is 0 Å². The molecule has 11 heteroatoms. The molecule has 0 radical (unpaired) electrons. The van der Waals surface area contributed by atoms with Crippen molar-refractivity contribution in [3.05, 3.63) is 53.1 Å². The highest BCUT2D eigenvalue weighted by Gasteiger charge is 2.18. The molecule has 5 N–H and O–H groups in total. The number of nitriles is 1. The molecule has 296 valence electrons. The molecule has 2 aliphatic heterocycles. The first-order valence-corrected chi connectivity index (χ1v) is 19.1. The summed E-state index contributed by atoms with van der Waals surface area (Å²) < 4.78 is 19.6. The molecular formula is C41H70FN5O5. The van der Waals surface area contributed by atoms with E-state index < -0.39 is 0 Å². The van der Waals surface area contributed by atoms with E-state index in [0.29, 0.717) is 43.0 Å². The highest BCUT2D eigenvalue weighted by molar-refractivity contribution is 5.57. The molecule has 2 aromatic carbocycles. The molecule has 2 heterocycles. The van der Waals surface area contributed by atoms with Gasteiger partial charge in [0, 0.05) is 69.6 Å². The second-order valence-electron chi connectivity index (χ2n) is 13.7. The van der Waals surface area contributed by atoms with Crippen molar-refractivity contribution in [3.63, 3.8) is 0 Å². The standard InChI is InChI=1S/C31H43FN4O3.C4H9N.C4H10.2CH4O/c1-3-5-24(2)6-4-7-26-20-25(9-13-30(26)39-32)8-12-29(14-15-35-23-37)38-31-21-28(11-10-27(31)22-33)36-18-16-34-17-19-36;1-2-4-5-3-1;1-4(2)3;2*1-2/h9-11,13,20-21,23-24,29,34H,3-8,12,14-19H2,1-2H3,(H,35,37);5H,1-4H2;4H,1-3H3;2*2H,1H3. The fourth-order valence-corrected chi connectivity index (χ4v) is 5.86. The molecule has 2 fully saturated rings. The maximum absolute atomic E-state index is 13.2. The van der Waals surface area contributed by atoms with Crippen LogP contribution in [0.4, 0.5) is 10.2 Å². The highest BCUT2D eigenvalue weighted by Crippen LogP contribution is 2.29. The van der Waals surface area contributed by atoms with Crippen LogP contribution in [0.15, 0.2) is 36.4 Å². The molecular weight excluding hydrogens is 661 g/mol. The zero-order valence-corrected chi connectivity index (χ0v) is 33.2. The number of anilines is 1. The Morgan fingerprint density at radius 1 is 0.904 bits per heavy atom. The number of ether oxygens (including phenoxy) is 1. The van der Waals surface area contributed by atoms with Gasteiger partial charge in [0.2, 0.25) is 6.41 Å². The third kappa shape index (κ3) is 21.8. The lowest BCUT2D eigenvalue weighted by Gasteiger charge is -2.30. The van der Waals surface area contributed by atoms with Crippen molar-refractivity contribution < 1.29 is 29.2 Å². The van der Waals surface area contributed by atoms with Gasteiger partial charge in [0.1, 0.15) is 17.9 Å². The van der Waals surface area contributed by atoms with Crippen LogP contribution < -0.4 is 30.5 Å². The normalized spacial score (nSPS) is 14.3. The van der Waals surface area contributed by atoms with Crippen molar-refractivity contribution in [1.29, 1.82) is 5.26 Å². The number of carbonyl (C=O) groups is 1. The number of benzene rings is 2. The number of aryl methyl sites for hydroxylation is 2. The number of halogens is 1. The number of piperazine rings is 1. The van der Waals surface area contributed by atoms with Crippen molar-refractivity contribution >= 4 is 12.1 Å². The van der Waals surface area contributed by atoms with Crippen molar-refractivity contribution in [2.45, 2.75) is 105 Å². The van der Waals surface area contributed by atoms with Gasteiger partial charge in [-0.2, -0.15) is 5.26 Å². The second-order valence-corrected chi connectivity index (χ2v) is 13.7. The second kappa shape index (κ2) is 32.2. The summed E-state index contributed by atoms with van der Waals surface area (Å²) in [5.74, 6) is 2.34. The fraction of sp³-hybridized carbons (Fsp3) is 0.659. The van der Waals surface area contributed by atoms with Gasteiger partial charge in [-0.15, -0.1) is 0 Å². The lowest BCUT2D eigenvalue weighted by Crippen LogP contribution is -2.43. The number of aliphatic hydroxyl groups is 2. The van der Waals surface area contributed by atoms with Crippen LogP contribution in [-0.2, 0) is 17.6 Å². The molecule has 2 saturated heterocycles. The lowest BCUT2D eigenvalue weighted by atomic mass is 9.95. The van der Waals surface area contributed by atoms with E-state index in [0.717, 1.165) is 88.8 Å². The highest BCUT2D eigenvalue weighted by atomic mass is 19.3. The van der Waals surface area contributed by atoms with E-state index in [-0.39, 0.29) is 11.9 Å². The van der Waals surface area contributed by atoms with Crippen LogP contribution in [0.5, 0.6) is 11.5 Å². The summed E-state index contributed by atoms with van der Waals surface area (Å²) in [4.78, 5) is 17.3. The summed E-state index contributed by atoms with van der Waals surface area (Å²) in [5.41, 5.74) is 3.50. The Bertz CT molecular complexity index is 1190. The number of aliphatic hydroxyl groups excluding tert-OH is 2. The predicted octanol–water partition coefficient (Wildman–Crippen LogP) is 6.76. The van der Waals surface area contributed by atoms with Crippen LogP contribution in [0.2, 0.25) is 0 Å². The van der Waals surface area contributed by atoms with E-state index in [1.807, 2.05) is 30.3 Å². The van der Waals surface area contributed by atoms with E-state index in [1.165, 1.54) is 38.8 Å². The third-order valence-electron chi connectivity index (χ3n) is 8.40. The minimum Gasteiger partial charge on any atom is -0.489 e. The largest absolute Gasteiger partial charge is 0.489 e. The quantitative estimate of drug-likeness (QED) is 0.0883. The monoisotopic (exact) mass is 732 g/mol. The van der Waals surface area contributed by atoms with Crippen LogP contribution in [0, 0.1) is 23.2 Å². The molecule has 2 unspecified atom stereocenters. The summed E-state index contributed by atoms with van der Waals surface area (Å²) >= 11 is 0. The van der Waals surface area contributed by atoms with E-state index in [9.17, 15) is 14.6 Å². The van der Waals surface area contributed by atoms with E-state index in [2.05, 4.69) is 66.5 Å². The zero-order chi connectivity index (χ0) is 39.0. The predicted molar refractivity (Wildman–Crippen MR) is 212 cm³/mol. The van der Waals surface area contributed by atoms with Gasteiger partial charge in [0.25, 0.3) is 0 Å². The molecule has 0 saturated carbocycles. The van der Waals surface area contributed by atoms with Crippen molar-refractivity contribution in [2.75, 3.05) is 64.9 Å². The van der Waals surface area contributed by atoms with E-state index in [4.69, 9.17) is 14.9 Å². The first-order valence-electron chi connectivity index (χ1n) is 19.1. The first-order chi connectivity index (χ1) is 25.3. The maximum atomic E-state index is 13.2. The van der Waals surface area contributed by atoms with Gasteiger partial charge in [-0.3, -0.25) is 9.74 Å². The summed E-state index contributed by atoms with van der Waals surface area (Å²) in [6.07, 6.45) is 10.5. The Hall–Kier alpha value is -3.43. The Morgan fingerprint density at radius 3 is 2.12 bits per heavy atom. The topological polar surface area (TPSA) is 139 Å². The van der Waals surface area contributed by atoms with Crippen molar-refractivity contribution in [3.8, 4) is 17.6 Å². The molecule has 0 aliphatic carbocycles. The summed E-state index contributed by atoms with van der Waals surface area (Å²) in [5, 5.41) is 33.0. The SMILES string of the molecule is C1CCNC1.CC(C)C.CCCC(C)CCCc1cc(CCC(CCNC=O)Oc2cc(N3CCNCC3)ccc2C#N)ccc1OF.CO.CO. The molecule has 0 spiro atoms. The molecule has 52 heavy (non-hydrogen) atoms. The zero-order valence-electron chi connectivity index (χ0n) is 33.2. The Morgan fingerprint density at radius 2 is 1.56 bits per heavy atom. The molecule has 0 bridgehead atoms. The Kier molecular flexibility index (Phi) is 30.1. The smallest absolute Gasteiger partial charge is 0.207 e. The molecule has 2 aliphatic rings. The number of amides is 1. The van der Waals surface area contributed by atoms with Gasteiger partial charge in [-0.25, -0.2) is 0 Å². The average Bonchev–Trinajstić information content (AvgIpc) is 3.77. The fourth-order valence-electron chi connectivity index (χ4n) is 5.86. The van der Waals surface area contributed by atoms with Gasteiger partial charge >= 0.3 is 0 Å². The molecule has 2 aromatic rings. The van der Waals surface area contributed by atoms with Gasteiger partial charge < -0.3 is 35.8 Å². The number of hydrogen-bond donors (Lipinski definition) is 5. The van der Waals surface area contributed by atoms with Crippen LogP contribution in [-0.4, -0.2) is 82.8 Å². The van der Waals surface area contributed by atoms with Gasteiger partial charge in [-0.05, 0) is 92.8 Å². The van der Waals surface area contributed by atoms with Crippen molar-refractivity contribution in [2.24, 2.45) is 11.8 Å². The van der Waals surface area contributed by atoms with Crippen molar-refractivity contribution in [1.82, 2.24) is 16.0 Å². The molecule has 1 amide bonds. The third-order valence-corrected chi connectivity index (χ3v) is 8.40. The van der Waals surface area contributed by atoms with Gasteiger partial charge in [-0.1, -0.05) is 66.0 Å². The van der Waals surface area contributed by atoms with Crippen LogP contribution in [0.1, 0.15) is 103 Å². The van der Waals surface area contributed by atoms with Crippen LogP contribution in [0.25, 0.3) is 0 Å². The first kappa shape index (κ1) is 48.6. The summed E-state index contributed by atoms with van der Waals surface area (Å²) in [6.45, 7) is 17.6. The van der Waals surface area contributed by atoms with E-state index >= 15 is 0 Å². The molecule has 10 nitrogen and oxygen atoms in total. The molecule has 0 aromatic heterocycles. The van der Waals surface area contributed by atoms with Gasteiger partial charge in [0.05, 0.1) is 5.56 Å². The number of rotatable bonds is 17. The summed E-state index contributed by atoms with van der Waals surface area (Å²) in [7, 11) is 2.00. The maximum Gasteiger partial charge on any atom is 0.207 e. The number of carbonyl (C=O) groups excluding carboxylic acids is 1. The van der Waals surface area contributed by atoms with Crippen LogP contribution >= 0.6 is 0 Å². The van der Waals surface area contributed by atoms with Gasteiger partial charge in [0.15, 0.2) is 5.75 Å². The Labute approximate surface area is 314 Å². The minimum absolute atomic E-state index is 0.210. The molecule has 4 rings (SSSR count). The summed E-state index contributed by atoms with van der Waals surface area (Å²) in [6, 6.07) is 13.6. The van der Waals surface area contributed by atoms with E-state index in [1.54, 1.807) is 6.07 Å². The number of nitrogens with zero attached hydrogens (tertiary/aromatic N) is 2. The molecule has 2 atom stereocenters. The number of hydrogen-bond acceptors (Lipinski definition) is 9. The number of nitrogens with one attached hydrogen (secondary N) is 3. The minimum atomic E-state index is -0.210. The Balaban J connectivity index is 0.00000171.